The Balaban J connectivity index is 2.69. The quantitative estimate of drug-likeness (QED) is 0.813. The normalized spacial score (nSPS) is 18.5. The van der Waals surface area contributed by atoms with Crippen LogP contribution in [0.3, 0.4) is 0 Å². The lowest BCUT2D eigenvalue weighted by molar-refractivity contribution is -0.188. The highest BCUT2D eigenvalue weighted by Crippen LogP contribution is 2.26. The Hall–Kier alpha value is -0.780. The minimum Gasteiger partial charge on any atom is -0.331 e. The van der Waals surface area contributed by atoms with E-state index in [1.165, 1.54) is 0 Å². The number of hydrogen-bond acceptors (Lipinski definition) is 2. The zero-order chi connectivity index (χ0) is 12.2. The molecule has 0 bridgehead atoms. The lowest BCUT2D eigenvalue weighted by Gasteiger charge is -2.34. The van der Waals surface area contributed by atoms with Crippen molar-refractivity contribution in [3.8, 4) is 0 Å². The van der Waals surface area contributed by atoms with Crippen LogP contribution < -0.4 is 5.73 Å². The van der Waals surface area contributed by atoms with Gasteiger partial charge in [-0.25, -0.2) is 0 Å². The molecule has 0 aromatic heterocycles. The molecular formula is C10H17F3N2O. The van der Waals surface area contributed by atoms with E-state index in [0.29, 0.717) is 12.8 Å². The van der Waals surface area contributed by atoms with Crippen molar-refractivity contribution >= 4 is 5.91 Å². The molecule has 1 rings (SSSR count). The van der Waals surface area contributed by atoms with Crippen molar-refractivity contribution in [3.63, 3.8) is 0 Å². The van der Waals surface area contributed by atoms with Gasteiger partial charge < -0.3 is 10.6 Å². The molecule has 6 heteroatoms. The maximum atomic E-state index is 12.3. The van der Waals surface area contributed by atoms with E-state index in [-0.39, 0.29) is 19.1 Å². The van der Waals surface area contributed by atoms with Gasteiger partial charge >= 0.3 is 12.1 Å². The second-order valence-electron chi connectivity index (χ2n) is 4.08. The molecule has 0 spiro atoms. The molecule has 1 aliphatic carbocycles. The molecule has 16 heavy (non-hydrogen) atoms. The number of halogens is 3. The van der Waals surface area contributed by atoms with Crippen molar-refractivity contribution < 1.29 is 18.0 Å². The smallest absolute Gasteiger partial charge is 0.331 e. The number of hydrogen-bond donors (Lipinski definition) is 1. The van der Waals surface area contributed by atoms with Crippen LogP contribution in [-0.2, 0) is 4.79 Å². The Morgan fingerprint density at radius 3 is 2.25 bits per heavy atom. The van der Waals surface area contributed by atoms with E-state index < -0.39 is 12.1 Å². The standard InChI is InChI=1S/C10H17F3N2O/c11-10(12,13)9(16)15(7-6-14)8-4-2-1-3-5-8/h8H,1-7,14H2. The fourth-order valence-corrected chi connectivity index (χ4v) is 2.14. The summed E-state index contributed by atoms with van der Waals surface area (Å²) in [5, 5.41) is 0. The molecule has 94 valence electrons. The molecule has 0 aromatic rings. The van der Waals surface area contributed by atoms with Gasteiger partial charge in [-0.1, -0.05) is 19.3 Å². The molecule has 1 fully saturated rings. The van der Waals surface area contributed by atoms with Gasteiger partial charge in [-0.15, -0.1) is 0 Å². The van der Waals surface area contributed by atoms with Crippen LogP contribution in [0.5, 0.6) is 0 Å². The Kier molecular flexibility index (Phi) is 4.58. The molecule has 0 atom stereocenters. The van der Waals surface area contributed by atoms with Crippen LogP contribution in [0.15, 0.2) is 0 Å². The third kappa shape index (κ3) is 3.37. The van der Waals surface area contributed by atoms with Gasteiger partial charge in [0.15, 0.2) is 0 Å². The summed E-state index contributed by atoms with van der Waals surface area (Å²) >= 11 is 0. The van der Waals surface area contributed by atoms with E-state index in [9.17, 15) is 18.0 Å². The van der Waals surface area contributed by atoms with E-state index >= 15 is 0 Å². The molecule has 2 N–H and O–H groups in total. The van der Waals surface area contributed by atoms with Crippen LogP contribution >= 0.6 is 0 Å². The highest BCUT2D eigenvalue weighted by Gasteiger charge is 2.44. The number of rotatable bonds is 3. The SMILES string of the molecule is NCCN(C(=O)C(F)(F)F)C1CCCCC1. The first-order valence-electron chi connectivity index (χ1n) is 5.54. The number of nitrogens with two attached hydrogens (primary N) is 1. The maximum absolute atomic E-state index is 12.3. The second kappa shape index (κ2) is 5.52. The molecule has 0 radical (unpaired) electrons. The molecule has 0 saturated heterocycles. The number of carbonyl (C=O) groups is 1. The molecule has 0 heterocycles. The fourth-order valence-electron chi connectivity index (χ4n) is 2.14. The minimum atomic E-state index is -4.79. The average molecular weight is 238 g/mol. The van der Waals surface area contributed by atoms with Crippen molar-refractivity contribution in [3.05, 3.63) is 0 Å². The number of amides is 1. The van der Waals surface area contributed by atoms with E-state index in [1.54, 1.807) is 0 Å². The number of nitrogens with zero attached hydrogens (tertiary/aromatic N) is 1. The van der Waals surface area contributed by atoms with Crippen molar-refractivity contribution in [2.45, 2.75) is 44.3 Å². The number of alkyl halides is 3. The predicted octanol–water partition coefficient (Wildman–Crippen LogP) is 1.67. The summed E-state index contributed by atoms with van der Waals surface area (Å²) in [6.07, 6.45) is -0.669. The third-order valence-electron chi connectivity index (χ3n) is 2.89. The van der Waals surface area contributed by atoms with E-state index in [0.717, 1.165) is 24.2 Å². The summed E-state index contributed by atoms with van der Waals surface area (Å²) < 4.78 is 37.0. The summed E-state index contributed by atoms with van der Waals surface area (Å²) in [7, 11) is 0. The first-order valence-corrected chi connectivity index (χ1v) is 5.54. The van der Waals surface area contributed by atoms with Gasteiger partial charge in [0.25, 0.3) is 0 Å². The van der Waals surface area contributed by atoms with E-state index in [2.05, 4.69) is 0 Å². The molecule has 1 aliphatic rings. The summed E-state index contributed by atoms with van der Waals surface area (Å²) in [6, 6.07) is -0.286. The van der Waals surface area contributed by atoms with Crippen LogP contribution in [0.4, 0.5) is 13.2 Å². The van der Waals surface area contributed by atoms with Crippen molar-refractivity contribution in [1.82, 2.24) is 4.90 Å². The van der Waals surface area contributed by atoms with Crippen LogP contribution in [0.1, 0.15) is 32.1 Å². The van der Waals surface area contributed by atoms with Crippen LogP contribution in [0, 0.1) is 0 Å². The Bertz CT molecular complexity index is 237. The monoisotopic (exact) mass is 238 g/mol. The van der Waals surface area contributed by atoms with E-state index in [1.807, 2.05) is 0 Å². The maximum Gasteiger partial charge on any atom is 0.471 e. The molecule has 0 aliphatic heterocycles. The lowest BCUT2D eigenvalue weighted by Crippen LogP contribution is -2.49. The van der Waals surface area contributed by atoms with Crippen molar-refractivity contribution in [2.24, 2.45) is 5.73 Å². The van der Waals surface area contributed by atoms with Gasteiger partial charge in [0.2, 0.25) is 0 Å². The van der Waals surface area contributed by atoms with Crippen molar-refractivity contribution in [1.29, 1.82) is 0 Å². The molecule has 0 unspecified atom stereocenters. The van der Waals surface area contributed by atoms with Gasteiger partial charge in [-0.05, 0) is 12.8 Å². The summed E-state index contributed by atoms with van der Waals surface area (Å²) in [4.78, 5) is 12.1. The Labute approximate surface area is 92.8 Å². The minimum absolute atomic E-state index is 0.0109. The highest BCUT2D eigenvalue weighted by atomic mass is 19.4. The van der Waals surface area contributed by atoms with Gasteiger partial charge in [-0.3, -0.25) is 4.79 Å². The zero-order valence-electron chi connectivity index (χ0n) is 9.09. The fraction of sp³-hybridized carbons (Fsp3) is 0.900. The predicted molar refractivity (Wildman–Crippen MR) is 53.7 cm³/mol. The Morgan fingerprint density at radius 2 is 1.81 bits per heavy atom. The van der Waals surface area contributed by atoms with Gasteiger partial charge in [0, 0.05) is 19.1 Å². The zero-order valence-corrected chi connectivity index (χ0v) is 9.09. The van der Waals surface area contributed by atoms with Gasteiger partial charge in [-0.2, -0.15) is 13.2 Å². The summed E-state index contributed by atoms with van der Waals surface area (Å²) in [5.41, 5.74) is 5.26. The van der Waals surface area contributed by atoms with Gasteiger partial charge in [0.1, 0.15) is 0 Å². The van der Waals surface area contributed by atoms with Gasteiger partial charge in [0.05, 0.1) is 0 Å². The highest BCUT2D eigenvalue weighted by molar-refractivity contribution is 5.82. The first kappa shape index (κ1) is 13.3. The molecular weight excluding hydrogens is 221 g/mol. The third-order valence-corrected chi connectivity index (χ3v) is 2.89. The summed E-state index contributed by atoms with van der Waals surface area (Å²) in [5.74, 6) is -1.75. The average Bonchev–Trinajstić information content (AvgIpc) is 2.25. The van der Waals surface area contributed by atoms with E-state index in [4.69, 9.17) is 5.73 Å². The molecule has 3 nitrogen and oxygen atoms in total. The second-order valence-corrected chi connectivity index (χ2v) is 4.08. The Morgan fingerprint density at radius 1 is 1.25 bits per heavy atom. The first-order chi connectivity index (χ1) is 7.46. The van der Waals surface area contributed by atoms with Crippen LogP contribution in [0.2, 0.25) is 0 Å². The number of carbonyl (C=O) groups excluding carboxylic acids is 1. The molecule has 1 amide bonds. The topological polar surface area (TPSA) is 46.3 Å². The lowest BCUT2D eigenvalue weighted by atomic mass is 9.94. The largest absolute Gasteiger partial charge is 0.471 e. The van der Waals surface area contributed by atoms with Crippen LogP contribution in [-0.4, -0.2) is 36.1 Å². The van der Waals surface area contributed by atoms with Crippen molar-refractivity contribution in [2.75, 3.05) is 13.1 Å². The van der Waals surface area contributed by atoms with Crippen LogP contribution in [0.25, 0.3) is 0 Å². The molecule has 1 saturated carbocycles. The summed E-state index contributed by atoms with van der Waals surface area (Å²) in [6.45, 7) is 0.0569. The molecule has 0 aromatic carbocycles.